The van der Waals surface area contributed by atoms with Crippen LogP contribution in [0.15, 0.2) is 34.9 Å². The lowest BCUT2D eigenvalue weighted by molar-refractivity contribution is 0.250. The minimum absolute atomic E-state index is 0.211. The largest absolute Gasteiger partial charge is 0.371 e. The molecule has 1 aromatic carbocycles. The maximum atomic E-state index is 12.0. The first kappa shape index (κ1) is 15.4. The van der Waals surface area contributed by atoms with E-state index in [4.69, 9.17) is 4.52 Å². The molecule has 1 aliphatic rings. The minimum atomic E-state index is -0.211. The molecule has 2 heterocycles. The third-order valence-corrected chi connectivity index (χ3v) is 4.23. The van der Waals surface area contributed by atoms with Gasteiger partial charge >= 0.3 is 6.03 Å². The molecule has 1 atom stereocenters. The van der Waals surface area contributed by atoms with Gasteiger partial charge in [-0.25, -0.2) is 4.79 Å². The molecule has 122 valence electrons. The first-order valence-corrected chi connectivity index (χ1v) is 7.91. The van der Waals surface area contributed by atoms with Crippen molar-refractivity contribution in [2.24, 2.45) is 5.92 Å². The predicted octanol–water partition coefficient (Wildman–Crippen LogP) is 2.94. The maximum Gasteiger partial charge on any atom is 0.319 e. The molecule has 0 radical (unpaired) electrons. The van der Waals surface area contributed by atoms with E-state index in [2.05, 4.69) is 45.0 Å². The van der Waals surface area contributed by atoms with Crippen molar-refractivity contribution in [3.05, 3.63) is 41.8 Å². The van der Waals surface area contributed by atoms with Crippen LogP contribution in [0.2, 0.25) is 0 Å². The number of hydrogen-bond donors (Lipinski definition) is 2. The summed E-state index contributed by atoms with van der Waals surface area (Å²) in [6.45, 7) is 6.25. The summed E-state index contributed by atoms with van der Waals surface area (Å²) in [4.78, 5) is 14.4. The van der Waals surface area contributed by atoms with Gasteiger partial charge in [-0.1, -0.05) is 23.4 Å². The summed E-state index contributed by atoms with van der Waals surface area (Å²) in [5.74, 6) is 1.08. The number of nitrogens with zero attached hydrogens (tertiary/aromatic N) is 2. The summed E-state index contributed by atoms with van der Waals surface area (Å²) in [6, 6.07) is 10.2. The molecule has 0 bridgehead atoms. The number of aryl methyl sites for hydroxylation is 2. The number of anilines is 2. The second-order valence-corrected chi connectivity index (χ2v) is 5.97. The Morgan fingerprint density at radius 2 is 2.13 bits per heavy atom. The molecule has 6 heteroatoms. The summed E-state index contributed by atoms with van der Waals surface area (Å²) in [6.07, 6.45) is 1.08. The number of para-hydroxylation sites is 1. The summed E-state index contributed by atoms with van der Waals surface area (Å²) >= 11 is 0. The van der Waals surface area contributed by atoms with Gasteiger partial charge in [0.25, 0.3) is 0 Å². The number of nitrogens with one attached hydrogen (secondary N) is 2. The standard InChI is InChI=1S/C17H22N4O2/c1-12-16(13(2)23-20-12)19-17(22)18-10-14-8-9-21(11-14)15-6-4-3-5-7-15/h3-7,14H,8-11H2,1-2H3,(H2,18,19,22)/t14-/m1/s1. The summed E-state index contributed by atoms with van der Waals surface area (Å²) < 4.78 is 5.04. The molecule has 2 aromatic rings. The Kier molecular flexibility index (Phi) is 4.50. The normalized spacial score (nSPS) is 17.3. The number of carbonyl (C=O) groups excluding carboxylic acids is 1. The Labute approximate surface area is 135 Å². The van der Waals surface area contributed by atoms with Gasteiger partial charge in [0.05, 0.1) is 0 Å². The lowest BCUT2D eigenvalue weighted by Gasteiger charge is -2.18. The highest BCUT2D eigenvalue weighted by molar-refractivity contribution is 5.90. The third-order valence-electron chi connectivity index (χ3n) is 4.23. The van der Waals surface area contributed by atoms with E-state index >= 15 is 0 Å². The zero-order valence-electron chi connectivity index (χ0n) is 13.5. The molecule has 1 aromatic heterocycles. The van der Waals surface area contributed by atoms with Crippen LogP contribution >= 0.6 is 0 Å². The number of amides is 2. The maximum absolute atomic E-state index is 12.0. The highest BCUT2D eigenvalue weighted by atomic mass is 16.5. The third kappa shape index (κ3) is 3.64. The summed E-state index contributed by atoms with van der Waals surface area (Å²) in [7, 11) is 0. The highest BCUT2D eigenvalue weighted by Gasteiger charge is 2.23. The summed E-state index contributed by atoms with van der Waals surface area (Å²) in [5.41, 5.74) is 2.59. The topological polar surface area (TPSA) is 70.4 Å². The van der Waals surface area contributed by atoms with Gasteiger partial charge in [-0.2, -0.15) is 0 Å². The van der Waals surface area contributed by atoms with Gasteiger partial charge in [0.1, 0.15) is 11.4 Å². The number of hydrogen-bond acceptors (Lipinski definition) is 4. The number of carbonyl (C=O) groups is 1. The van der Waals surface area contributed by atoms with Crippen molar-refractivity contribution >= 4 is 17.4 Å². The molecule has 2 N–H and O–H groups in total. The average Bonchev–Trinajstić information content (AvgIpc) is 3.16. The van der Waals surface area contributed by atoms with Gasteiger partial charge in [0, 0.05) is 25.3 Å². The van der Waals surface area contributed by atoms with Crippen LogP contribution in [0.4, 0.5) is 16.2 Å². The molecular weight excluding hydrogens is 292 g/mol. The zero-order valence-corrected chi connectivity index (χ0v) is 13.5. The second-order valence-electron chi connectivity index (χ2n) is 5.97. The first-order chi connectivity index (χ1) is 11.1. The van der Waals surface area contributed by atoms with Crippen molar-refractivity contribution in [1.29, 1.82) is 0 Å². The lowest BCUT2D eigenvalue weighted by Crippen LogP contribution is -2.34. The first-order valence-electron chi connectivity index (χ1n) is 7.91. The Hall–Kier alpha value is -2.50. The molecule has 0 aliphatic carbocycles. The zero-order chi connectivity index (χ0) is 16.2. The quantitative estimate of drug-likeness (QED) is 0.910. The number of urea groups is 1. The van der Waals surface area contributed by atoms with Crippen LogP contribution in [0.5, 0.6) is 0 Å². The van der Waals surface area contributed by atoms with Crippen LogP contribution < -0.4 is 15.5 Å². The molecule has 23 heavy (non-hydrogen) atoms. The smallest absolute Gasteiger partial charge is 0.319 e. The van der Waals surface area contributed by atoms with Gasteiger partial charge in [0.2, 0.25) is 0 Å². The van der Waals surface area contributed by atoms with Crippen molar-refractivity contribution in [3.63, 3.8) is 0 Å². The van der Waals surface area contributed by atoms with Crippen LogP contribution in [0, 0.1) is 19.8 Å². The Balaban J connectivity index is 1.47. The number of rotatable bonds is 4. The second kappa shape index (κ2) is 6.73. The molecule has 0 spiro atoms. The fourth-order valence-electron chi connectivity index (χ4n) is 2.93. The van der Waals surface area contributed by atoms with E-state index in [1.807, 2.05) is 6.07 Å². The molecule has 2 amide bonds. The van der Waals surface area contributed by atoms with Gasteiger partial charge in [0.15, 0.2) is 5.76 Å². The number of benzene rings is 1. The van der Waals surface area contributed by atoms with E-state index in [1.54, 1.807) is 13.8 Å². The molecule has 0 saturated carbocycles. The van der Waals surface area contributed by atoms with Crippen molar-refractivity contribution in [1.82, 2.24) is 10.5 Å². The van der Waals surface area contributed by atoms with Crippen LogP contribution in [-0.4, -0.2) is 30.8 Å². The monoisotopic (exact) mass is 314 g/mol. The molecule has 6 nitrogen and oxygen atoms in total. The molecule has 0 unspecified atom stereocenters. The Bertz CT molecular complexity index is 649. The van der Waals surface area contributed by atoms with E-state index in [1.165, 1.54) is 5.69 Å². The van der Waals surface area contributed by atoms with Crippen LogP contribution in [0.25, 0.3) is 0 Å². The highest BCUT2D eigenvalue weighted by Crippen LogP contribution is 2.23. The number of aromatic nitrogens is 1. The van der Waals surface area contributed by atoms with Crippen LogP contribution in [0.3, 0.4) is 0 Å². The Morgan fingerprint density at radius 3 is 2.83 bits per heavy atom. The van der Waals surface area contributed by atoms with Gasteiger partial charge in [-0.05, 0) is 38.3 Å². The predicted molar refractivity (Wildman–Crippen MR) is 89.8 cm³/mol. The average molecular weight is 314 g/mol. The van der Waals surface area contributed by atoms with E-state index in [-0.39, 0.29) is 6.03 Å². The van der Waals surface area contributed by atoms with Crippen molar-refractivity contribution in [3.8, 4) is 0 Å². The van der Waals surface area contributed by atoms with Crippen molar-refractivity contribution < 1.29 is 9.32 Å². The lowest BCUT2D eigenvalue weighted by atomic mass is 10.1. The van der Waals surface area contributed by atoms with Crippen molar-refractivity contribution in [2.75, 3.05) is 29.9 Å². The molecule has 1 fully saturated rings. The van der Waals surface area contributed by atoms with E-state index < -0.39 is 0 Å². The van der Waals surface area contributed by atoms with E-state index in [0.717, 1.165) is 19.5 Å². The van der Waals surface area contributed by atoms with Gasteiger partial charge < -0.3 is 20.1 Å². The molecular formula is C17H22N4O2. The SMILES string of the molecule is Cc1noc(C)c1NC(=O)NC[C@H]1CCN(c2ccccc2)C1. The molecule has 1 aliphatic heterocycles. The van der Waals surface area contributed by atoms with E-state index in [0.29, 0.717) is 29.6 Å². The van der Waals surface area contributed by atoms with Crippen molar-refractivity contribution in [2.45, 2.75) is 20.3 Å². The van der Waals surface area contributed by atoms with Crippen LogP contribution in [0.1, 0.15) is 17.9 Å². The molecule has 3 rings (SSSR count). The van der Waals surface area contributed by atoms with Gasteiger partial charge in [-0.3, -0.25) is 0 Å². The van der Waals surface area contributed by atoms with E-state index in [9.17, 15) is 4.79 Å². The van der Waals surface area contributed by atoms with Crippen LogP contribution in [-0.2, 0) is 0 Å². The molecule has 1 saturated heterocycles. The van der Waals surface area contributed by atoms with Gasteiger partial charge in [-0.15, -0.1) is 0 Å². The fraction of sp³-hybridized carbons (Fsp3) is 0.412. The minimum Gasteiger partial charge on any atom is -0.371 e. The summed E-state index contributed by atoms with van der Waals surface area (Å²) in [5, 5.41) is 9.57. The fourth-order valence-corrected chi connectivity index (χ4v) is 2.93. The Morgan fingerprint density at radius 1 is 1.35 bits per heavy atom.